The molecule has 0 aliphatic heterocycles. The maximum Gasteiger partial charge on any atom is 0.378 e. The topological polar surface area (TPSA) is 91.4 Å². The van der Waals surface area contributed by atoms with Crippen LogP contribution < -0.4 is 0 Å². The van der Waals surface area contributed by atoms with Crippen LogP contribution in [0.15, 0.2) is 36.4 Å². The van der Waals surface area contributed by atoms with E-state index in [0.29, 0.717) is 17.9 Å². The van der Waals surface area contributed by atoms with Gasteiger partial charge < -0.3 is 9.30 Å². The number of halogens is 1. The molecule has 0 aliphatic carbocycles. The minimum Gasteiger partial charge on any atom is -0.451 e. The fourth-order valence-electron chi connectivity index (χ4n) is 3.63. The van der Waals surface area contributed by atoms with Gasteiger partial charge in [0.1, 0.15) is 5.82 Å². The smallest absolute Gasteiger partial charge is 0.378 e. The van der Waals surface area contributed by atoms with Gasteiger partial charge in [0.05, 0.1) is 0 Å². The number of esters is 1. The minimum atomic E-state index is -0.791. The number of Topliss-reactive ketones (excluding diaryl/α,β-unsaturated/α-hetero) is 1. The molecule has 4 aromatic rings. The van der Waals surface area contributed by atoms with E-state index in [4.69, 9.17) is 4.74 Å². The van der Waals surface area contributed by atoms with Gasteiger partial charge in [0.2, 0.25) is 5.78 Å². The fraction of sp³-hybridized carbons (Fsp3) is 0.261. The van der Waals surface area contributed by atoms with Crippen molar-refractivity contribution in [1.29, 1.82) is 0 Å². The number of benzene rings is 1. The highest BCUT2D eigenvalue weighted by molar-refractivity contribution is 6.00. The second-order valence-electron chi connectivity index (χ2n) is 7.68. The molecule has 0 radical (unpaired) electrons. The van der Waals surface area contributed by atoms with Crippen LogP contribution >= 0.6 is 0 Å². The van der Waals surface area contributed by atoms with E-state index in [0.717, 1.165) is 28.3 Å². The first kappa shape index (κ1) is 21.4. The van der Waals surface area contributed by atoms with E-state index in [1.807, 2.05) is 38.3 Å². The van der Waals surface area contributed by atoms with E-state index in [9.17, 15) is 14.0 Å². The van der Waals surface area contributed by atoms with Crippen LogP contribution in [0.3, 0.4) is 0 Å². The Morgan fingerprint density at radius 3 is 2.44 bits per heavy atom. The molecule has 3 heterocycles. The van der Waals surface area contributed by atoms with Crippen molar-refractivity contribution >= 4 is 17.5 Å². The van der Waals surface area contributed by atoms with Crippen molar-refractivity contribution in [3.63, 3.8) is 0 Å². The SMILES string of the molecule is Cc1cc(C)n2nc(C(=O)OCC(=O)c3cc(C)n(Cc4ccc(F)cc4)c3C)nc2n1. The molecule has 3 aromatic heterocycles. The van der Waals surface area contributed by atoms with E-state index in [-0.39, 0.29) is 17.4 Å². The Balaban J connectivity index is 1.47. The minimum absolute atomic E-state index is 0.152. The maximum atomic E-state index is 13.2. The highest BCUT2D eigenvalue weighted by Crippen LogP contribution is 2.18. The number of aryl methyl sites for hydroxylation is 3. The van der Waals surface area contributed by atoms with Gasteiger partial charge in [-0.3, -0.25) is 4.79 Å². The molecule has 4 rings (SSSR count). The van der Waals surface area contributed by atoms with Crippen molar-refractivity contribution in [3.8, 4) is 0 Å². The van der Waals surface area contributed by atoms with Crippen LogP contribution in [0.25, 0.3) is 5.78 Å². The molecular formula is C23H22FN5O3. The Bertz CT molecular complexity index is 1340. The number of ketones is 1. The summed E-state index contributed by atoms with van der Waals surface area (Å²) in [5, 5.41) is 4.12. The summed E-state index contributed by atoms with van der Waals surface area (Å²) in [5.74, 6) is -1.27. The van der Waals surface area contributed by atoms with Gasteiger partial charge in [-0.05, 0) is 57.5 Å². The summed E-state index contributed by atoms with van der Waals surface area (Å²) in [6.07, 6.45) is 0. The zero-order chi connectivity index (χ0) is 23.0. The molecule has 0 saturated carbocycles. The number of rotatable bonds is 6. The first-order valence-electron chi connectivity index (χ1n) is 10.1. The van der Waals surface area contributed by atoms with Gasteiger partial charge in [-0.15, -0.1) is 5.10 Å². The predicted octanol–water partition coefficient (Wildman–Crippen LogP) is 3.39. The van der Waals surface area contributed by atoms with Crippen molar-refractivity contribution in [2.45, 2.75) is 34.2 Å². The quantitative estimate of drug-likeness (QED) is 0.341. The molecular weight excluding hydrogens is 413 g/mol. The number of nitrogens with zero attached hydrogens (tertiary/aromatic N) is 5. The monoisotopic (exact) mass is 435 g/mol. The van der Waals surface area contributed by atoms with Gasteiger partial charge in [-0.25, -0.2) is 18.7 Å². The lowest BCUT2D eigenvalue weighted by Crippen LogP contribution is -2.16. The maximum absolute atomic E-state index is 13.2. The van der Waals surface area contributed by atoms with E-state index in [1.165, 1.54) is 16.6 Å². The van der Waals surface area contributed by atoms with Crippen LogP contribution in [0.5, 0.6) is 0 Å². The Hall–Kier alpha value is -3.88. The average Bonchev–Trinajstić information content (AvgIpc) is 3.30. The van der Waals surface area contributed by atoms with Crippen molar-refractivity contribution in [2.24, 2.45) is 0 Å². The lowest BCUT2D eigenvalue weighted by molar-refractivity contribution is 0.0462. The average molecular weight is 435 g/mol. The summed E-state index contributed by atoms with van der Waals surface area (Å²) in [7, 11) is 0. The Kier molecular flexibility index (Phi) is 5.56. The van der Waals surface area contributed by atoms with Crippen molar-refractivity contribution in [1.82, 2.24) is 24.1 Å². The molecule has 8 nitrogen and oxygen atoms in total. The van der Waals surface area contributed by atoms with Gasteiger partial charge in [0.15, 0.2) is 6.61 Å². The second kappa shape index (κ2) is 8.33. The number of hydrogen-bond donors (Lipinski definition) is 0. The van der Waals surface area contributed by atoms with E-state index in [2.05, 4.69) is 15.1 Å². The van der Waals surface area contributed by atoms with Crippen LogP contribution in [0.1, 0.15) is 49.3 Å². The molecule has 0 spiro atoms. The lowest BCUT2D eigenvalue weighted by Gasteiger charge is -2.10. The predicted molar refractivity (Wildman–Crippen MR) is 114 cm³/mol. The second-order valence-corrected chi connectivity index (χ2v) is 7.68. The first-order valence-corrected chi connectivity index (χ1v) is 10.1. The number of fused-ring (bicyclic) bond motifs is 1. The summed E-state index contributed by atoms with van der Waals surface area (Å²) >= 11 is 0. The third-order valence-electron chi connectivity index (χ3n) is 5.26. The van der Waals surface area contributed by atoms with Crippen molar-refractivity contribution in [3.05, 3.63) is 81.9 Å². The highest BCUT2D eigenvalue weighted by Gasteiger charge is 2.21. The number of carbonyl (C=O) groups excluding carboxylic acids is 2. The van der Waals surface area contributed by atoms with Crippen LogP contribution in [0, 0.1) is 33.5 Å². The van der Waals surface area contributed by atoms with Gasteiger partial charge >= 0.3 is 5.97 Å². The van der Waals surface area contributed by atoms with E-state index in [1.54, 1.807) is 18.2 Å². The molecule has 0 bridgehead atoms. The van der Waals surface area contributed by atoms with Crippen molar-refractivity contribution in [2.75, 3.05) is 6.61 Å². The van der Waals surface area contributed by atoms with Gasteiger partial charge in [-0.1, -0.05) is 12.1 Å². The van der Waals surface area contributed by atoms with Crippen LogP contribution in [-0.2, 0) is 11.3 Å². The van der Waals surface area contributed by atoms with E-state index < -0.39 is 12.6 Å². The zero-order valence-electron chi connectivity index (χ0n) is 18.2. The number of carbonyl (C=O) groups is 2. The molecule has 164 valence electrons. The summed E-state index contributed by atoms with van der Waals surface area (Å²) in [5.41, 5.74) is 4.54. The molecule has 0 saturated heterocycles. The van der Waals surface area contributed by atoms with Crippen LogP contribution in [0.4, 0.5) is 4.39 Å². The molecule has 0 aliphatic rings. The molecule has 32 heavy (non-hydrogen) atoms. The molecule has 0 N–H and O–H groups in total. The first-order chi connectivity index (χ1) is 15.2. The summed E-state index contributed by atoms with van der Waals surface area (Å²) in [6, 6.07) is 9.80. The summed E-state index contributed by atoms with van der Waals surface area (Å²) in [4.78, 5) is 33.5. The fourth-order valence-corrected chi connectivity index (χ4v) is 3.63. The summed E-state index contributed by atoms with van der Waals surface area (Å²) < 4.78 is 21.7. The van der Waals surface area contributed by atoms with Gasteiger partial charge in [0.25, 0.3) is 11.6 Å². The molecule has 0 unspecified atom stereocenters. The Morgan fingerprint density at radius 2 is 1.72 bits per heavy atom. The Morgan fingerprint density at radius 1 is 1.00 bits per heavy atom. The van der Waals surface area contributed by atoms with E-state index >= 15 is 0 Å². The van der Waals surface area contributed by atoms with Gasteiger partial charge in [0, 0.05) is 34.9 Å². The molecule has 1 aromatic carbocycles. The lowest BCUT2D eigenvalue weighted by atomic mass is 10.1. The number of hydrogen-bond acceptors (Lipinski definition) is 6. The zero-order valence-corrected chi connectivity index (χ0v) is 18.2. The standard InChI is InChI=1S/C23H22FN5O3/c1-13-9-15(3)29-23(25-13)26-21(27-29)22(31)32-12-20(30)19-10-14(2)28(16(19)4)11-17-5-7-18(24)8-6-17/h5-10H,11-12H2,1-4H3. The number of aromatic nitrogens is 5. The highest BCUT2D eigenvalue weighted by atomic mass is 19.1. The Labute approximate surface area is 183 Å². The molecule has 0 fully saturated rings. The summed E-state index contributed by atoms with van der Waals surface area (Å²) in [6.45, 7) is 7.44. The third kappa shape index (κ3) is 4.14. The van der Waals surface area contributed by atoms with Crippen molar-refractivity contribution < 1.29 is 18.7 Å². The van der Waals surface area contributed by atoms with Gasteiger partial charge in [-0.2, -0.15) is 4.98 Å². The molecule has 0 amide bonds. The normalized spacial score (nSPS) is 11.2. The number of ether oxygens (including phenoxy) is 1. The van der Waals surface area contributed by atoms with Crippen LogP contribution in [-0.4, -0.2) is 42.5 Å². The largest absolute Gasteiger partial charge is 0.451 e. The molecule has 0 atom stereocenters. The molecule has 9 heteroatoms. The third-order valence-corrected chi connectivity index (χ3v) is 5.26. The van der Waals surface area contributed by atoms with Crippen LogP contribution in [0.2, 0.25) is 0 Å².